The van der Waals surface area contributed by atoms with E-state index in [1.807, 2.05) is 0 Å². The van der Waals surface area contributed by atoms with E-state index in [1.165, 1.54) is 32.2 Å². The normalized spacial score (nSPS) is 34.5. The van der Waals surface area contributed by atoms with Crippen LogP contribution >= 0.6 is 0 Å². The minimum absolute atomic E-state index is 0.874. The van der Waals surface area contributed by atoms with Gasteiger partial charge in [0.25, 0.3) is 0 Å². The number of amidine groups is 1. The van der Waals surface area contributed by atoms with Crippen LogP contribution in [0, 0.1) is 17.2 Å². The number of nitrogens with zero attached hydrogens (tertiary/aromatic N) is 1. The molecular weight excluding hydrogens is 160 g/mol. The van der Waals surface area contributed by atoms with Crippen molar-refractivity contribution < 1.29 is 0 Å². The number of rotatable bonds is 2. The van der Waals surface area contributed by atoms with E-state index in [4.69, 9.17) is 5.41 Å². The molecule has 0 spiro atoms. The lowest BCUT2D eigenvalue weighted by molar-refractivity contribution is 0.309. The quantitative estimate of drug-likeness (QED) is 0.694. The van der Waals surface area contributed by atoms with Crippen LogP contribution in [0.3, 0.4) is 0 Å². The van der Waals surface area contributed by atoms with Crippen molar-refractivity contribution in [1.29, 1.82) is 5.41 Å². The molecule has 2 fully saturated rings. The molecule has 0 aromatic rings. The minimum Gasteiger partial charge on any atom is -0.360 e. The molecule has 0 radical (unpaired) electrons. The van der Waals surface area contributed by atoms with Gasteiger partial charge in [-0.3, -0.25) is 5.41 Å². The van der Waals surface area contributed by atoms with Crippen LogP contribution in [0.2, 0.25) is 0 Å². The maximum Gasteiger partial charge on any atom is 0.0958 e. The van der Waals surface area contributed by atoms with Gasteiger partial charge in [0.2, 0.25) is 0 Å². The summed E-state index contributed by atoms with van der Waals surface area (Å²) in [5, 5.41) is 7.76. The molecular formula is C11H20N2. The largest absolute Gasteiger partial charge is 0.360 e. The van der Waals surface area contributed by atoms with E-state index in [0.29, 0.717) is 0 Å². The summed E-state index contributed by atoms with van der Waals surface area (Å²) in [6.45, 7) is 4.68. The Bertz CT molecular complexity index is 200. The molecule has 74 valence electrons. The fourth-order valence-electron chi connectivity index (χ4n) is 2.71. The molecule has 2 rings (SSSR count). The van der Waals surface area contributed by atoms with Crippen LogP contribution in [0.15, 0.2) is 0 Å². The van der Waals surface area contributed by atoms with Gasteiger partial charge in [0, 0.05) is 19.5 Å². The molecule has 1 aliphatic heterocycles. The van der Waals surface area contributed by atoms with Gasteiger partial charge in [-0.1, -0.05) is 19.8 Å². The first-order valence-electron chi connectivity index (χ1n) is 5.60. The van der Waals surface area contributed by atoms with Crippen LogP contribution in [0.5, 0.6) is 0 Å². The lowest BCUT2D eigenvalue weighted by Crippen LogP contribution is -2.31. The molecule has 0 bridgehead atoms. The molecule has 2 heteroatoms. The zero-order chi connectivity index (χ0) is 9.26. The summed E-state index contributed by atoms with van der Waals surface area (Å²) in [5.74, 6) is 2.66. The van der Waals surface area contributed by atoms with E-state index >= 15 is 0 Å². The van der Waals surface area contributed by atoms with Crippen LogP contribution < -0.4 is 0 Å². The zero-order valence-electron chi connectivity index (χ0n) is 8.55. The first kappa shape index (κ1) is 9.04. The molecule has 2 unspecified atom stereocenters. The van der Waals surface area contributed by atoms with Crippen LogP contribution in [0.4, 0.5) is 0 Å². The lowest BCUT2D eigenvalue weighted by atomic mass is 9.98. The zero-order valence-corrected chi connectivity index (χ0v) is 8.55. The van der Waals surface area contributed by atoms with Crippen molar-refractivity contribution in [2.24, 2.45) is 11.8 Å². The van der Waals surface area contributed by atoms with Crippen molar-refractivity contribution in [3.63, 3.8) is 0 Å². The second-order valence-corrected chi connectivity index (χ2v) is 4.66. The number of hydrogen-bond donors (Lipinski definition) is 1. The van der Waals surface area contributed by atoms with E-state index in [2.05, 4.69) is 11.8 Å². The Morgan fingerprint density at radius 2 is 2.23 bits per heavy atom. The molecule has 13 heavy (non-hydrogen) atoms. The van der Waals surface area contributed by atoms with E-state index in [9.17, 15) is 0 Å². The van der Waals surface area contributed by atoms with Gasteiger partial charge in [-0.2, -0.15) is 0 Å². The summed E-state index contributed by atoms with van der Waals surface area (Å²) in [6.07, 6.45) is 6.44. The third-order valence-corrected chi connectivity index (χ3v) is 3.72. The monoisotopic (exact) mass is 180 g/mol. The summed E-state index contributed by atoms with van der Waals surface area (Å²) in [6, 6.07) is 0. The van der Waals surface area contributed by atoms with Crippen molar-refractivity contribution >= 4 is 5.84 Å². The van der Waals surface area contributed by atoms with Gasteiger partial charge in [-0.05, 0) is 24.7 Å². The van der Waals surface area contributed by atoms with Crippen LogP contribution in [0.25, 0.3) is 0 Å². The number of hydrogen-bond acceptors (Lipinski definition) is 1. The van der Waals surface area contributed by atoms with Crippen LogP contribution in [-0.2, 0) is 0 Å². The Balaban J connectivity index is 1.86. The van der Waals surface area contributed by atoms with Gasteiger partial charge in [-0.25, -0.2) is 0 Å². The fraction of sp³-hybridized carbons (Fsp3) is 0.909. The summed E-state index contributed by atoms with van der Waals surface area (Å²) in [5.41, 5.74) is 0. The van der Waals surface area contributed by atoms with E-state index < -0.39 is 0 Å². The topological polar surface area (TPSA) is 27.1 Å². The number of likely N-dealkylation sites (tertiary alicyclic amines) is 1. The fourth-order valence-corrected chi connectivity index (χ4v) is 2.71. The maximum atomic E-state index is 7.76. The first-order valence-corrected chi connectivity index (χ1v) is 5.60. The second-order valence-electron chi connectivity index (χ2n) is 4.66. The standard InChI is InChI=1S/C11H20N2/c1-9-4-2-5-10(9)8-13-7-3-6-11(13)12/h9-10,12H,2-8H2,1H3. The van der Waals surface area contributed by atoms with Gasteiger partial charge >= 0.3 is 0 Å². The number of nitrogens with one attached hydrogen (secondary N) is 1. The Kier molecular flexibility index (Phi) is 2.56. The molecule has 2 aliphatic rings. The molecule has 1 aliphatic carbocycles. The highest BCUT2D eigenvalue weighted by molar-refractivity contribution is 5.80. The maximum absolute atomic E-state index is 7.76. The van der Waals surface area contributed by atoms with E-state index in [-0.39, 0.29) is 0 Å². The SMILES string of the molecule is CC1CCCC1CN1CCCC1=N. The Morgan fingerprint density at radius 3 is 2.77 bits per heavy atom. The molecule has 2 nitrogen and oxygen atoms in total. The van der Waals surface area contributed by atoms with Gasteiger partial charge in [-0.15, -0.1) is 0 Å². The minimum atomic E-state index is 0.874. The summed E-state index contributed by atoms with van der Waals surface area (Å²) >= 11 is 0. The molecule has 0 aromatic carbocycles. The summed E-state index contributed by atoms with van der Waals surface area (Å²) < 4.78 is 0. The molecule has 0 aromatic heterocycles. The van der Waals surface area contributed by atoms with Crippen LogP contribution in [0.1, 0.15) is 39.0 Å². The molecule has 2 atom stereocenters. The smallest absolute Gasteiger partial charge is 0.0958 e. The lowest BCUT2D eigenvalue weighted by Gasteiger charge is -2.24. The van der Waals surface area contributed by atoms with Crippen molar-refractivity contribution in [3.05, 3.63) is 0 Å². The molecule has 1 N–H and O–H groups in total. The summed E-state index contributed by atoms with van der Waals surface area (Å²) in [7, 11) is 0. The van der Waals surface area contributed by atoms with Crippen molar-refractivity contribution in [2.75, 3.05) is 13.1 Å². The molecule has 1 saturated carbocycles. The average Bonchev–Trinajstić information content (AvgIpc) is 2.65. The average molecular weight is 180 g/mol. The predicted molar refractivity (Wildman–Crippen MR) is 55.0 cm³/mol. The Labute approximate surface area is 80.8 Å². The molecule has 1 heterocycles. The van der Waals surface area contributed by atoms with Gasteiger partial charge in [0.15, 0.2) is 0 Å². The van der Waals surface area contributed by atoms with E-state index in [1.54, 1.807) is 0 Å². The second kappa shape index (κ2) is 3.69. The predicted octanol–water partition coefficient (Wildman–Crippen LogP) is 2.50. The van der Waals surface area contributed by atoms with Gasteiger partial charge in [0.05, 0.1) is 5.84 Å². The third-order valence-electron chi connectivity index (χ3n) is 3.72. The van der Waals surface area contributed by atoms with Crippen LogP contribution in [-0.4, -0.2) is 23.8 Å². The highest BCUT2D eigenvalue weighted by Gasteiger charge is 2.27. The highest BCUT2D eigenvalue weighted by Crippen LogP contribution is 2.32. The summed E-state index contributed by atoms with van der Waals surface area (Å²) in [4.78, 5) is 2.30. The van der Waals surface area contributed by atoms with Crippen molar-refractivity contribution in [1.82, 2.24) is 4.90 Å². The van der Waals surface area contributed by atoms with E-state index in [0.717, 1.165) is 30.6 Å². The molecule has 1 saturated heterocycles. The third kappa shape index (κ3) is 1.87. The van der Waals surface area contributed by atoms with Gasteiger partial charge in [0.1, 0.15) is 0 Å². The van der Waals surface area contributed by atoms with Gasteiger partial charge < -0.3 is 4.90 Å². The first-order chi connectivity index (χ1) is 6.27. The van der Waals surface area contributed by atoms with Crippen molar-refractivity contribution in [3.8, 4) is 0 Å². The Hall–Kier alpha value is -0.530. The molecule has 0 amide bonds. The Morgan fingerprint density at radius 1 is 1.38 bits per heavy atom. The highest BCUT2D eigenvalue weighted by atomic mass is 15.2. The van der Waals surface area contributed by atoms with Crippen molar-refractivity contribution in [2.45, 2.75) is 39.0 Å².